The van der Waals surface area contributed by atoms with Gasteiger partial charge in [-0.1, -0.05) is 209 Å². The summed E-state index contributed by atoms with van der Waals surface area (Å²) in [6.45, 7) is 7.06. The highest BCUT2D eigenvalue weighted by molar-refractivity contribution is 7.33. The molecule has 2 aliphatic heterocycles. The molecule has 14 aromatic carbocycles. The third-order valence-electron chi connectivity index (χ3n) is 18.5. The zero-order valence-electron chi connectivity index (χ0n) is 47.3. The van der Waals surface area contributed by atoms with Crippen LogP contribution in [0.2, 0.25) is 0 Å². The van der Waals surface area contributed by atoms with Gasteiger partial charge in [0.1, 0.15) is 0 Å². The van der Waals surface area contributed by atoms with Gasteiger partial charge in [-0.3, -0.25) is 0 Å². The van der Waals surface area contributed by atoms with E-state index >= 15 is 0 Å². The number of thiophene rings is 1. The van der Waals surface area contributed by atoms with Crippen molar-refractivity contribution in [2.24, 2.45) is 0 Å². The van der Waals surface area contributed by atoms with E-state index in [1.807, 2.05) is 11.3 Å². The van der Waals surface area contributed by atoms with Gasteiger partial charge in [-0.2, -0.15) is 0 Å². The lowest BCUT2D eigenvalue weighted by atomic mass is 9.36. The first kappa shape index (κ1) is 48.3. The van der Waals surface area contributed by atoms with Crippen LogP contribution in [0.4, 0.5) is 34.1 Å². The molecule has 0 atom stereocenters. The Bertz CT molecular complexity index is 5320. The first-order valence-electron chi connectivity index (χ1n) is 29.7. The predicted octanol–water partition coefficient (Wildman–Crippen LogP) is 20.4. The fraction of sp³-hybridized carbons (Fsp3) is 0.0500. The van der Waals surface area contributed by atoms with Gasteiger partial charge in [-0.25, -0.2) is 0 Å². The minimum Gasteiger partial charge on any atom is -0.311 e. The molecule has 0 aliphatic carbocycles. The molecule has 0 fully saturated rings. The zero-order valence-corrected chi connectivity index (χ0v) is 48.1. The molecule has 0 bridgehead atoms. The number of hydrogen-bond donors (Lipinski definition) is 0. The summed E-state index contributed by atoms with van der Waals surface area (Å²) in [5.74, 6) is 0. The van der Waals surface area contributed by atoms with Gasteiger partial charge in [0.15, 0.2) is 0 Å². The lowest BCUT2D eigenvalue weighted by Gasteiger charge is -2.44. The highest BCUT2D eigenvalue weighted by Gasteiger charge is 2.46. The number of nitrogens with zero attached hydrogens (tertiary/aromatic N) is 3. The van der Waals surface area contributed by atoms with E-state index in [1.54, 1.807) is 0 Å². The molecule has 2 aromatic heterocycles. The van der Waals surface area contributed by atoms with Crippen LogP contribution in [0.5, 0.6) is 0 Å². The van der Waals surface area contributed by atoms with Crippen molar-refractivity contribution in [3.05, 3.63) is 279 Å². The molecule has 0 saturated carbocycles. The minimum atomic E-state index is -0.212. The molecule has 0 N–H and O–H groups in total. The summed E-state index contributed by atoms with van der Waals surface area (Å²) < 4.78 is 5.12. The van der Waals surface area contributed by atoms with Gasteiger partial charge in [-0.15, -0.1) is 11.3 Å². The van der Waals surface area contributed by atoms with E-state index in [-0.39, 0.29) is 12.1 Å². The number of hydrogen-bond acceptors (Lipinski definition) is 3. The number of para-hydroxylation sites is 2. The fourth-order valence-electron chi connectivity index (χ4n) is 14.7. The second-order valence-corrected chi connectivity index (χ2v) is 25.5. The predicted molar refractivity (Wildman–Crippen MR) is 366 cm³/mol. The van der Waals surface area contributed by atoms with Crippen LogP contribution < -0.4 is 25.5 Å². The summed E-state index contributed by atoms with van der Waals surface area (Å²) in [7, 11) is 0. The molecular weight excluding hydrogens is 1050 g/mol. The Balaban J connectivity index is 0.932. The quantitative estimate of drug-likeness (QED) is 0.0934. The molecule has 85 heavy (non-hydrogen) atoms. The van der Waals surface area contributed by atoms with Gasteiger partial charge in [0.05, 0.1) is 16.7 Å². The molecule has 18 rings (SSSR count). The number of rotatable bonds is 6. The van der Waals surface area contributed by atoms with E-state index in [2.05, 4.69) is 308 Å². The third-order valence-corrected chi connectivity index (χ3v) is 19.8. The topological polar surface area (TPSA) is 11.4 Å². The van der Waals surface area contributed by atoms with Gasteiger partial charge < -0.3 is 14.4 Å². The largest absolute Gasteiger partial charge is 0.311 e. The molecule has 16 aromatic rings. The summed E-state index contributed by atoms with van der Waals surface area (Å²) in [6, 6.07) is 103. The molecule has 0 radical (unpaired) electrons. The zero-order chi connectivity index (χ0) is 56.2. The molecule has 2 aliphatic rings. The highest BCUT2D eigenvalue weighted by atomic mass is 32.1. The van der Waals surface area contributed by atoms with Gasteiger partial charge in [0, 0.05) is 59.8 Å². The van der Waals surface area contributed by atoms with Crippen LogP contribution in [0, 0.1) is 0 Å². The molecule has 3 nitrogen and oxygen atoms in total. The maximum Gasteiger partial charge on any atom is 0.264 e. The van der Waals surface area contributed by atoms with Crippen molar-refractivity contribution in [3.63, 3.8) is 0 Å². The van der Waals surface area contributed by atoms with Crippen LogP contribution in [0.3, 0.4) is 0 Å². The summed E-state index contributed by atoms with van der Waals surface area (Å²) in [4.78, 5) is 5.28. The maximum absolute atomic E-state index is 2.65. The van der Waals surface area contributed by atoms with Crippen molar-refractivity contribution >= 4 is 143 Å². The van der Waals surface area contributed by atoms with Gasteiger partial charge >= 0.3 is 0 Å². The van der Waals surface area contributed by atoms with E-state index in [9.17, 15) is 0 Å². The average Bonchev–Trinajstić information content (AvgIpc) is 1.76. The van der Waals surface area contributed by atoms with Crippen molar-refractivity contribution in [2.75, 3.05) is 9.80 Å². The average molecular weight is 1100 g/mol. The smallest absolute Gasteiger partial charge is 0.264 e. The van der Waals surface area contributed by atoms with Crippen LogP contribution in [0.1, 0.15) is 26.3 Å². The van der Waals surface area contributed by atoms with Crippen LogP contribution >= 0.6 is 11.3 Å². The second kappa shape index (κ2) is 18.2. The number of aromatic nitrogens is 1. The molecule has 5 heteroatoms. The third kappa shape index (κ3) is 7.21. The molecule has 0 amide bonds. The molecule has 0 unspecified atom stereocenters. The second-order valence-electron chi connectivity index (χ2n) is 24.4. The standard InChI is InChI=1S/C80H54BN3S/c1-80(2,3)57-46-72-77-73(47-57)84(60-43-54(49-20-6-4-7-21-49)41-55(44-60)50-22-8-5-9-23-50)78-66-31-12-15-37-74(66)85-79(78)81(77)68-39-38-59(82-69-35-13-10-29-61(69)62-30-11-14-36-70(62)82)48-71(68)83(72)58-28-16-26-52(42-58)56-40-53-27-19-33-64-63-32-17-24-51-25-18-34-65(75(51)63)67(45-56)76(53)64/h4-48H,1-3H3. The lowest BCUT2D eigenvalue weighted by molar-refractivity contribution is 0.590. The highest BCUT2D eigenvalue weighted by Crippen LogP contribution is 2.52. The van der Waals surface area contributed by atoms with Crippen molar-refractivity contribution < 1.29 is 0 Å². The van der Waals surface area contributed by atoms with E-state index in [4.69, 9.17) is 0 Å². The Morgan fingerprint density at radius 1 is 0.341 bits per heavy atom. The van der Waals surface area contributed by atoms with Gasteiger partial charge in [0.25, 0.3) is 6.71 Å². The lowest BCUT2D eigenvalue weighted by Crippen LogP contribution is -2.60. The summed E-state index contributed by atoms with van der Waals surface area (Å²) in [5.41, 5.74) is 21.4. The van der Waals surface area contributed by atoms with Crippen molar-refractivity contribution in [1.29, 1.82) is 0 Å². The van der Waals surface area contributed by atoms with Crippen LogP contribution in [0.15, 0.2) is 273 Å². The SMILES string of the molecule is CC(C)(C)c1cc2c3c(c1)N(c1cc(-c4ccccc4)cc(-c4ccccc4)c1)c1c(sc4ccccc14)B3c1ccc(-n3c4ccccc4c4ccccc43)cc1N2c1cccc(-c2cc3cccc4c5cccc6cccc(c(c2)c34)c65)c1. The maximum atomic E-state index is 2.65. The fourth-order valence-corrected chi connectivity index (χ4v) is 16.0. The minimum absolute atomic E-state index is 0.0661. The van der Waals surface area contributed by atoms with Crippen LogP contribution in [-0.4, -0.2) is 11.3 Å². The summed E-state index contributed by atoms with van der Waals surface area (Å²) >= 11 is 1.95. The summed E-state index contributed by atoms with van der Waals surface area (Å²) in [6.07, 6.45) is 0. The van der Waals surface area contributed by atoms with Crippen LogP contribution in [-0.2, 0) is 5.41 Å². The van der Waals surface area contributed by atoms with Crippen molar-refractivity contribution in [1.82, 2.24) is 4.57 Å². The van der Waals surface area contributed by atoms with Gasteiger partial charge in [0.2, 0.25) is 0 Å². The Morgan fingerprint density at radius 3 is 1.54 bits per heavy atom. The Labute approximate surface area is 497 Å². The Kier molecular flexibility index (Phi) is 10.3. The molecule has 4 heterocycles. The van der Waals surface area contributed by atoms with E-state index in [0.717, 1.165) is 17.1 Å². The van der Waals surface area contributed by atoms with E-state index < -0.39 is 0 Å². The van der Waals surface area contributed by atoms with Gasteiger partial charge in [-0.05, 0) is 183 Å². The van der Waals surface area contributed by atoms with E-state index in [1.165, 1.54) is 152 Å². The number of fused-ring (bicyclic) bond motifs is 11. The molecule has 0 spiro atoms. The molecule has 398 valence electrons. The molecule has 0 saturated heterocycles. The van der Waals surface area contributed by atoms with E-state index in [0.29, 0.717) is 0 Å². The summed E-state index contributed by atoms with van der Waals surface area (Å²) in [5, 5.41) is 14.1. The number of benzene rings is 14. The Morgan fingerprint density at radius 2 is 0.871 bits per heavy atom. The van der Waals surface area contributed by atoms with Crippen molar-refractivity contribution in [2.45, 2.75) is 26.2 Å². The first-order valence-corrected chi connectivity index (χ1v) is 30.5. The Hall–Kier alpha value is -10.2. The normalized spacial score (nSPS) is 13.0. The number of anilines is 6. The first-order chi connectivity index (χ1) is 41.8. The monoisotopic (exact) mass is 1100 g/mol. The van der Waals surface area contributed by atoms with Crippen LogP contribution in [0.25, 0.3) is 114 Å². The molecular formula is C80H54BN3S. The van der Waals surface area contributed by atoms with Crippen molar-refractivity contribution in [3.8, 4) is 39.1 Å².